The van der Waals surface area contributed by atoms with Crippen molar-refractivity contribution in [3.63, 3.8) is 0 Å². The number of carbonyl (C=O) groups excluding carboxylic acids is 1. The molecule has 0 saturated carbocycles. The molecule has 2 fully saturated rings. The zero-order valence-electron chi connectivity index (χ0n) is 16.3. The maximum Gasteiger partial charge on any atom is 0.272 e. The van der Waals surface area contributed by atoms with Crippen molar-refractivity contribution in [3.05, 3.63) is 63.8 Å². The number of H-pyrrole nitrogens is 1. The quantitative estimate of drug-likeness (QED) is 0.636. The van der Waals surface area contributed by atoms with Crippen LogP contribution >= 0.6 is 23.2 Å². The standard InChI is InChI=1S/C22H22Cl2N4O2/c23-14-6-5-13(19(24)7-14)10-28-16-8-15(9-17(28)12-30-11-16)25-22(29)21-18-3-1-2-4-20(18)26-27-21/h1-7,15-17H,8-12H2,(H,25,29)(H,26,27)/t15-,16-,17+. The number of carbonyl (C=O) groups is 1. The fourth-order valence-electron chi connectivity index (χ4n) is 4.60. The van der Waals surface area contributed by atoms with Gasteiger partial charge >= 0.3 is 0 Å². The molecule has 2 N–H and O–H groups in total. The van der Waals surface area contributed by atoms with Crippen molar-refractivity contribution in [2.24, 2.45) is 0 Å². The first-order valence-corrected chi connectivity index (χ1v) is 10.9. The summed E-state index contributed by atoms with van der Waals surface area (Å²) >= 11 is 12.4. The smallest absolute Gasteiger partial charge is 0.272 e. The van der Waals surface area contributed by atoms with E-state index in [0.717, 1.165) is 35.9 Å². The molecule has 0 radical (unpaired) electrons. The Morgan fingerprint density at radius 3 is 2.70 bits per heavy atom. The highest BCUT2D eigenvalue weighted by molar-refractivity contribution is 6.35. The molecule has 2 saturated heterocycles. The SMILES string of the molecule is O=C(N[C@H]1C[C@H]2COC[C@@H](C1)N2Cc1ccc(Cl)cc1Cl)c1n[nH]c2ccccc12. The molecule has 1 aromatic heterocycles. The summed E-state index contributed by atoms with van der Waals surface area (Å²) in [6.45, 7) is 2.05. The van der Waals surface area contributed by atoms with Crippen LogP contribution in [0.25, 0.3) is 10.9 Å². The Morgan fingerprint density at radius 2 is 1.93 bits per heavy atom. The van der Waals surface area contributed by atoms with E-state index in [2.05, 4.69) is 20.4 Å². The van der Waals surface area contributed by atoms with Gasteiger partial charge in [0.1, 0.15) is 0 Å². The van der Waals surface area contributed by atoms with Gasteiger partial charge in [0.15, 0.2) is 5.69 Å². The van der Waals surface area contributed by atoms with Crippen LogP contribution in [-0.2, 0) is 11.3 Å². The minimum Gasteiger partial charge on any atom is -0.378 e. The number of ether oxygens (including phenoxy) is 1. The first-order valence-electron chi connectivity index (χ1n) is 10.1. The molecule has 0 unspecified atom stereocenters. The highest BCUT2D eigenvalue weighted by atomic mass is 35.5. The Hall–Kier alpha value is -2.12. The van der Waals surface area contributed by atoms with Crippen molar-refractivity contribution >= 4 is 40.0 Å². The van der Waals surface area contributed by atoms with E-state index in [9.17, 15) is 4.79 Å². The van der Waals surface area contributed by atoms with Gasteiger partial charge in [-0.1, -0.05) is 47.5 Å². The molecule has 0 spiro atoms. The van der Waals surface area contributed by atoms with E-state index in [1.807, 2.05) is 36.4 Å². The van der Waals surface area contributed by atoms with Gasteiger partial charge in [-0.15, -0.1) is 0 Å². The van der Waals surface area contributed by atoms with Crippen LogP contribution in [-0.4, -0.2) is 52.3 Å². The number of hydrogen-bond acceptors (Lipinski definition) is 4. The lowest BCUT2D eigenvalue weighted by Gasteiger charge is -2.48. The number of piperidine rings is 1. The molecular formula is C22H22Cl2N4O2. The van der Waals surface area contributed by atoms with E-state index in [1.54, 1.807) is 6.07 Å². The topological polar surface area (TPSA) is 70.2 Å². The van der Waals surface area contributed by atoms with Gasteiger partial charge in [-0.25, -0.2) is 0 Å². The second kappa shape index (κ2) is 8.19. The van der Waals surface area contributed by atoms with Gasteiger partial charge in [-0.05, 0) is 36.6 Å². The summed E-state index contributed by atoms with van der Waals surface area (Å²) in [6, 6.07) is 13.8. The number of para-hydroxylation sites is 1. The van der Waals surface area contributed by atoms with Crippen molar-refractivity contribution < 1.29 is 9.53 Å². The molecule has 156 valence electrons. The predicted molar refractivity (Wildman–Crippen MR) is 117 cm³/mol. The Bertz CT molecular complexity index is 1070. The van der Waals surface area contributed by atoms with Gasteiger partial charge in [-0.3, -0.25) is 14.8 Å². The van der Waals surface area contributed by atoms with Gasteiger partial charge < -0.3 is 10.1 Å². The number of benzene rings is 2. The van der Waals surface area contributed by atoms with Crippen molar-refractivity contribution in [1.29, 1.82) is 0 Å². The van der Waals surface area contributed by atoms with Gasteiger partial charge in [0, 0.05) is 40.1 Å². The van der Waals surface area contributed by atoms with Gasteiger partial charge in [0.2, 0.25) is 0 Å². The van der Waals surface area contributed by atoms with Crippen LogP contribution in [0.3, 0.4) is 0 Å². The molecule has 0 aliphatic carbocycles. The lowest BCUT2D eigenvalue weighted by atomic mass is 9.89. The van der Waals surface area contributed by atoms with Crippen LogP contribution in [0.2, 0.25) is 10.0 Å². The lowest BCUT2D eigenvalue weighted by molar-refractivity contribution is -0.0843. The molecule has 3 atom stereocenters. The number of morpholine rings is 1. The summed E-state index contributed by atoms with van der Waals surface area (Å²) < 4.78 is 5.81. The van der Waals surface area contributed by atoms with E-state index in [-0.39, 0.29) is 24.0 Å². The molecule has 2 aliphatic heterocycles. The Labute approximate surface area is 184 Å². The third kappa shape index (κ3) is 3.81. The van der Waals surface area contributed by atoms with Crippen LogP contribution in [0.1, 0.15) is 28.9 Å². The highest BCUT2D eigenvalue weighted by Crippen LogP contribution is 2.32. The number of aromatic nitrogens is 2. The largest absolute Gasteiger partial charge is 0.378 e. The van der Waals surface area contributed by atoms with E-state index >= 15 is 0 Å². The van der Waals surface area contributed by atoms with Gasteiger partial charge in [-0.2, -0.15) is 5.10 Å². The molecule has 5 rings (SSSR count). The normalized spacial score (nSPS) is 24.1. The van der Waals surface area contributed by atoms with Crippen LogP contribution in [0.4, 0.5) is 0 Å². The van der Waals surface area contributed by atoms with Crippen molar-refractivity contribution in [1.82, 2.24) is 20.4 Å². The lowest BCUT2D eigenvalue weighted by Crippen LogP contribution is -2.60. The first-order chi connectivity index (χ1) is 14.6. The van der Waals surface area contributed by atoms with Gasteiger partial charge in [0.05, 0.1) is 18.7 Å². The number of nitrogens with one attached hydrogen (secondary N) is 2. The monoisotopic (exact) mass is 444 g/mol. The fraction of sp³-hybridized carbons (Fsp3) is 0.364. The second-order valence-corrected chi connectivity index (χ2v) is 8.86. The Kier molecular flexibility index (Phi) is 5.41. The van der Waals surface area contributed by atoms with Crippen molar-refractivity contribution in [3.8, 4) is 0 Å². The van der Waals surface area contributed by atoms with E-state index in [1.165, 1.54) is 0 Å². The van der Waals surface area contributed by atoms with E-state index < -0.39 is 0 Å². The highest BCUT2D eigenvalue weighted by Gasteiger charge is 2.39. The molecule has 2 aliphatic rings. The molecule has 1 amide bonds. The van der Waals surface area contributed by atoms with E-state index in [0.29, 0.717) is 29.0 Å². The van der Waals surface area contributed by atoms with Crippen LogP contribution in [0, 0.1) is 0 Å². The predicted octanol–water partition coefficient (Wildman–Crippen LogP) is 4.03. The third-order valence-electron chi connectivity index (χ3n) is 6.06. The molecule has 30 heavy (non-hydrogen) atoms. The molecule has 2 aromatic carbocycles. The summed E-state index contributed by atoms with van der Waals surface area (Å²) in [5.74, 6) is -0.134. The molecule has 8 heteroatoms. The Balaban J connectivity index is 1.29. The number of fused-ring (bicyclic) bond motifs is 3. The Morgan fingerprint density at radius 1 is 1.17 bits per heavy atom. The number of amides is 1. The maximum absolute atomic E-state index is 12.9. The molecule has 3 aromatic rings. The average Bonchev–Trinajstić information content (AvgIpc) is 3.15. The molecule has 3 heterocycles. The zero-order chi connectivity index (χ0) is 20.7. The molecular weight excluding hydrogens is 423 g/mol. The van der Waals surface area contributed by atoms with Crippen molar-refractivity contribution in [2.75, 3.05) is 13.2 Å². The summed E-state index contributed by atoms with van der Waals surface area (Å²) in [4.78, 5) is 15.3. The average molecular weight is 445 g/mol. The fourth-order valence-corrected chi connectivity index (χ4v) is 5.07. The summed E-state index contributed by atoms with van der Waals surface area (Å²) in [7, 11) is 0. The van der Waals surface area contributed by atoms with Crippen molar-refractivity contribution in [2.45, 2.75) is 37.5 Å². The third-order valence-corrected chi connectivity index (χ3v) is 6.65. The number of hydrogen-bond donors (Lipinski definition) is 2. The minimum absolute atomic E-state index is 0.0869. The zero-order valence-corrected chi connectivity index (χ0v) is 17.8. The molecule has 2 bridgehead atoms. The van der Waals surface area contributed by atoms with Crippen LogP contribution < -0.4 is 5.32 Å². The first kappa shape index (κ1) is 19.8. The summed E-state index contributed by atoms with van der Waals surface area (Å²) in [5.41, 5.74) is 2.37. The number of nitrogens with zero attached hydrogens (tertiary/aromatic N) is 2. The summed E-state index contributed by atoms with van der Waals surface area (Å²) in [6.07, 6.45) is 1.66. The number of halogens is 2. The van der Waals surface area contributed by atoms with Gasteiger partial charge in [0.25, 0.3) is 5.91 Å². The summed E-state index contributed by atoms with van der Waals surface area (Å²) in [5, 5.41) is 12.5. The second-order valence-electron chi connectivity index (χ2n) is 8.01. The van der Waals surface area contributed by atoms with Crippen LogP contribution in [0.15, 0.2) is 42.5 Å². The molecule has 6 nitrogen and oxygen atoms in total. The number of aromatic amines is 1. The maximum atomic E-state index is 12.9. The van der Waals surface area contributed by atoms with E-state index in [4.69, 9.17) is 27.9 Å². The number of rotatable bonds is 4. The minimum atomic E-state index is -0.134. The van der Waals surface area contributed by atoms with Crippen LogP contribution in [0.5, 0.6) is 0 Å².